The third-order valence-corrected chi connectivity index (χ3v) is 3.77. The van der Waals surface area contributed by atoms with Crippen LogP contribution in [-0.4, -0.2) is 0 Å². The highest BCUT2D eigenvalue weighted by molar-refractivity contribution is 9.10. The van der Waals surface area contributed by atoms with Gasteiger partial charge in [-0.3, -0.25) is 5.84 Å². The Bertz CT molecular complexity index is 647. The Morgan fingerprint density at radius 3 is 2.40 bits per heavy atom. The fourth-order valence-corrected chi connectivity index (χ4v) is 2.44. The number of benzene rings is 2. The lowest BCUT2D eigenvalue weighted by Gasteiger charge is -2.19. The van der Waals surface area contributed by atoms with Crippen molar-refractivity contribution >= 4 is 15.9 Å². The van der Waals surface area contributed by atoms with E-state index < -0.39 is 23.5 Å². The maximum Gasteiger partial charge on any atom is 0.164 e. The van der Waals surface area contributed by atoms with E-state index in [4.69, 9.17) is 5.84 Å². The minimum Gasteiger partial charge on any atom is -0.271 e. The Morgan fingerprint density at radius 1 is 1.05 bits per heavy atom. The summed E-state index contributed by atoms with van der Waals surface area (Å²) in [6, 6.07) is 5.97. The molecule has 0 bridgehead atoms. The first kappa shape index (κ1) is 15.0. The molecule has 3 N–H and O–H groups in total. The molecule has 0 fully saturated rings. The van der Waals surface area contributed by atoms with Gasteiger partial charge in [-0.15, -0.1) is 0 Å². The number of nitrogens with two attached hydrogens (primary N) is 1. The highest BCUT2D eigenvalue weighted by atomic mass is 79.9. The summed E-state index contributed by atoms with van der Waals surface area (Å²) in [7, 11) is 0. The van der Waals surface area contributed by atoms with Crippen LogP contribution >= 0.6 is 15.9 Å². The quantitative estimate of drug-likeness (QED) is 0.657. The number of hydrogen-bond acceptors (Lipinski definition) is 2. The van der Waals surface area contributed by atoms with E-state index in [2.05, 4.69) is 21.4 Å². The van der Waals surface area contributed by atoms with E-state index in [0.717, 1.165) is 0 Å². The van der Waals surface area contributed by atoms with Crippen LogP contribution in [0.5, 0.6) is 0 Å². The van der Waals surface area contributed by atoms with Crippen LogP contribution in [0.4, 0.5) is 13.2 Å². The van der Waals surface area contributed by atoms with Crippen LogP contribution in [0.1, 0.15) is 22.7 Å². The van der Waals surface area contributed by atoms with Crippen molar-refractivity contribution in [2.45, 2.75) is 13.0 Å². The second kappa shape index (κ2) is 5.95. The van der Waals surface area contributed by atoms with Gasteiger partial charge in [0.1, 0.15) is 5.82 Å². The average molecular weight is 345 g/mol. The summed E-state index contributed by atoms with van der Waals surface area (Å²) in [5.41, 5.74) is 2.98. The molecule has 1 atom stereocenters. The minimum absolute atomic E-state index is 0.0156. The molecule has 0 radical (unpaired) electrons. The smallest absolute Gasteiger partial charge is 0.164 e. The first-order valence-electron chi connectivity index (χ1n) is 5.81. The van der Waals surface area contributed by atoms with Crippen molar-refractivity contribution in [3.05, 3.63) is 68.9 Å². The molecule has 1 unspecified atom stereocenters. The van der Waals surface area contributed by atoms with E-state index in [0.29, 0.717) is 10.0 Å². The van der Waals surface area contributed by atoms with Gasteiger partial charge in [0.25, 0.3) is 0 Å². The van der Waals surface area contributed by atoms with Gasteiger partial charge in [0, 0.05) is 10.0 Å². The lowest BCUT2D eigenvalue weighted by atomic mass is 9.97. The molecule has 6 heteroatoms. The molecule has 2 rings (SSSR count). The molecule has 0 spiro atoms. The third-order valence-electron chi connectivity index (χ3n) is 3.05. The van der Waals surface area contributed by atoms with Crippen molar-refractivity contribution in [1.82, 2.24) is 5.43 Å². The maximum absolute atomic E-state index is 14.0. The van der Waals surface area contributed by atoms with E-state index in [-0.39, 0.29) is 11.1 Å². The monoisotopic (exact) mass is 344 g/mol. The van der Waals surface area contributed by atoms with Crippen LogP contribution < -0.4 is 11.3 Å². The predicted octanol–water partition coefficient (Wildman–Crippen LogP) is 3.73. The summed E-state index contributed by atoms with van der Waals surface area (Å²) < 4.78 is 41.6. The van der Waals surface area contributed by atoms with Gasteiger partial charge in [-0.25, -0.2) is 18.6 Å². The molecule has 0 saturated carbocycles. The van der Waals surface area contributed by atoms with E-state index in [1.165, 1.54) is 37.3 Å². The number of halogens is 4. The van der Waals surface area contributed by atoms with E-state index in [1.54, 1.807) is 0 Å². The molecule has 0 aliphatic carbocycles. The van der Waals surface area contributed by atoms with Gasteiger partial charge in [0.05, 0.1) is 6.04 Å². The number of rotatable bonds is 3. The van der Waals surface area contributed by atoms with Crippen LogP contribution in [0.2, 0.25) is 0 Å². The fourth-order valence-electron chi connectivity index (χ4n) is 1.97. The molecular weight excluding hydrogens is 333 g/mol. The Balaban J connectivity index is 2.58. The van der Waals surface area contributed by atoms with Crippen LogP contribution in [-0.2, 0) is 0 Å². The second-order valence-electron chi connectivity index (χ2n) is 4.37. The van der Waals surface area contributed by atoms with Crippen molar-refractivity contribution in [1.29, 1.82) is 0 Å². The molecule has 20 heavy (non-hydrogen) atoms. The van der Waals surface area contributed by atoms with Crippen LogP contribution in [0.3, 0.4) is 0 Å². The highest BCUT2D eigenvalue weighted by Gasteiger charge is 2.22. The number of hydrazine groups is 1. The standard InChI is InChI=1S/C14H12BrF3N2/c1-7-2-4-9(13(18)12(7)17)14(20-19)10-6-8(16)3-5-11(10)15/h2-6,14,20H,19H2,1H3. The van der Waals surface area contributed by atoms with Crippen molar-refractivity contribution < 1.29 is 13.2 Å². The van der Waals surface area contributed by atoms with Gasteiger partial charge in [-0.2, -0.15) is 0 Å². The maximum atomic E-state index is 14.0. The average Bonchev–Trinajstić information content (AvgIpc) is 2.43. The molecule has 0 amide bonds. The van der Waals surface area contributed by atoms with E-state index in [1.807, 2.05) is 0 Å². The molecule has 0 heterocycles. The van der Waals surface area contributed by atoms with Gasteiger partial charge < -0.3 is 0 Å². The van der Waals surface area contributed by atoms with Gasteiger partial charge >= 0.3 is 0 Å². The Hall–Kier alpha value is -1.37. The second-order valence-corrected chi connectivity index (χ2v) is 5.22. The number of aryl methyl sites for hydroxylation is 1. The first-order valence-corrected chi connectivity index (χ1v) is 6.60. The molecule has 0 aliphatic heterocycles. The van der Waals surface area contributed by atoms with Crippen LogP contribution in [0.25, 0.3) is 0 Å². The Kier molecular flexibility index (Phi) is 4.47. The topological polar surface area (TPSA) is 38.0 Å². The summed E-state index contributed by atoms with van der Waals surface area (Å²) in [6.07, 6.45) is 0. The highest BCUT2D eigenvalue weighted by Crippen LogP contribution is 2.31. The van der Waals surface area contributed by atoms with Gasteiger partial charge in [-0.05, 0) is 36.2 Å². The fraction of sp³-hybridized carbons (Fsp3) is 0.143. The number of nitrogens with one attached hydrogen (secondary N) is 1. The summed E-state index contributed by atoms with van der Waals surface area (Å²) in [6.45, 7) is 1.46. The van der Waals surface area contributed by atoms with Crippen LogP contribution in [0, 0.1) is 24.4 Å². The normalized spacial score (nSPS) is 12.5. The molecule has 106 valence electrons. The zero-order valence-corrected chi connectivity index (χ0v) is 12.1. The van der Waals surface area contributed by atoms with E-state index in [9.17, 15) is 13.2 Å². The summed E-state index contributed by atoms with van der Waals surface area (Å²) >= 11 is 3.25. The van der Waals surface area contributed by atoms with Gasteiger partial charge in [-0.1, -0.05) is 28.1 Å². The molecule has 0 aliphatic rings. The molecule has 0 saturated heterocycles. The van der Waals surface area contributed by atoms with E-state index >= 15 is 0 Å². The van der Waals surface area contributed by atoms with Crippen molar-refractivity contribution in [2.24, 2.45) is 5.84 Å². The van der Waals surface area contributed by atoms with Gasteiger partial charge in [0.15, 0.2) is 11.6 Å². The van der Waals surface area contributed by atoms with Gasteiger partial charge in [0.2, 0.25) is 0 Å². The minimum atomic E-state index is -0.996. The SMILES string of the molecule is Cc1ccc(C(NN)c2cc(F)ccc2Br)c(F)c1F. The molecule has 2 aromatic rings. The predicted molar refractivity (Wildman–Crippen MR) is 74.4 cm³/mol. The molecule has 0 aromatic heterocycles. The summed E-state index contributed by atoms with van der Waals surface area (Å²) in [5, 5.41) is 0. The summed E-state index contributed by atoms with van der Waals surface area (Å²) in [4.78, 5) is 0. The first-order chi connectivity index (χ1) is 9.45. The third kappa shape index (κ3) is 2.72. The largest absolute Gasteiger partial charge is 0.271 e. The summed E-state index contributed by atoms with van der Waals surface area (Å²) in [5.74, 6) is 3.01. The zero-order valence-electron chi connectivity index (χ0n) is 10.6. The molecule has 2 aromatic carbocycles. The van der Waals surface area contributed by atoms with Crippen molar-refractivity contribution in [3.63, 3.8) is 0 Å². The van der Waals surface area contributed by atoms with Crippen molar-refractivity contribution in [3.8, 4) is 0 Å². The lowest BCUT2D eigenvalue weighted by molar-refractivity contribution is 0.478. The zero-order chi connectivity index (χ0) is 14.9. The Morgan fingerprint density at radius 2 is 1.75 bits per heavy atom. The lowest BCUT2D eigenvalue weighted by Crippen LogP contribution is -2.30. The number of hydrogen-bond donors (Lipinski definition) is 2. The van der Waals surface area contributed by atoms with Crippen molar-refractivity contribution in [2.75, 3.05) is 0 Å². The van der Waals surface area contributed by atoms with Crippen LogP contribution in [0.15, 0.2) is 34.8 Å². The molecular formula is C14H12BrF3N2. The Labute approximate surface area is 122 Å². The molecule has 2 nitrogen and oxygen atoms in total.